The van der Waals surface area contributed by atoms with Crippen LogP contribution in [0, 0.1) is 11.8 Å². The first kappa shape index (κ1) is 15.3. The quantitative estimate of drug-likeness (QED) is 0.806. The Balaban J connectivity index is 2.26. The predicted octanol–water partition coefficient (Wildman–Crippen LogP) is 0.541. The molecule has 0 aliphatic heterocycles. The number of nitrogens with one attached hydrogen (secondary N) is 1. The van der Waals surface area contributed by atoms with Crippen molar-refractivity contribution in [3.8, 4) is 11.8 Å². The number of aromatic nitrogens is 2. The molecule has 0 fully saturated rings. The molecular weight excluding hydrogens is 288 g/mol. The highest BCUT2D eigenvalue weighted by molar-refractivity contribution is 7.89. The summed E-state index contributed by atoms with van der Waals surface area (Å²) in [7, 11) is -2.07. The molecule has 21 heavy (non-hydrogen) atoms. The Hall–Kier alpha value is -2.14. The summed E-state index contributed by atoms with van der Waals surface area (Å²) in [5, 5.41) is 6.20. The maximum atomic E-state index is 12.3. The van der Waals surface area contributed by atoms with Gasteiger partial charge in [-0.25, -0.2) is 8.42 Å². The zero-order valence-corrected chi connectivity index (χ0v) is 12.4. The molecule has 7 heteroatoms. The largest absolute Gasteiger partial charge is 0.320 e. The van der Waals surface area contributed by atoms with Gasteiger partial charge in [-0.2, -0.15) is 9.40 Å². The Kier molecular flexibility index (Phi) is 4.75. The fraction of sp³-hybridized carbons (Fsp3) is 0.214. The van der Waals surface area contributed by atoms with Crippen molar-refractivity contribution in [2.45, 2.75) is 11.6 Å². The molecule has 0 saturated carbocycles. The molecule has 0 amide bonds. The average molecular weight is 304 g/mol. The zero-order chi connectivity index (χ0) is 15.3. The van der Waals surface area contributed by atoms with E-state index in [0.717, 1.165) is 11.1 Å². The van der Waals surface area contributed by atoms with Crippen LogP contribution in [0.4, 0.5) is 0 Å². The van der Waals surface area contributed by atoms with E-state index in [1.54, 1.807) is 0 Å². The lowest BCUT2D eigenvalue weighted by molar-refractivity contribution is 0.463. The molecule has 6 nitrogen and oxygen atoms in total. The number of sulfonamides is 1. The van der Waals surface area contributed by atoms with E-state index < -0.39 is 10.0 Å². The van der Waals surface area contributed by atoms with Crippen molar-refractivity contribution >= 4 is 10.0 Å². The normalized spacial score (nSPS) is 11.2. The number of H-pyrrole nitrogens is 1. The van der Waals surface area contributed by atoms with Gasteiger partial charge in [-0.1, -0.05) is 30.0 Å². The van der Waals surface area contributed by atoms with E-state index in [2.05, 4.69) is 22.0 Å². The molecule has 110 valence electrons. The van der Waals surface area contributed by atoms with Gasteiger partial charge in [-0.3, -0.25) is 5.10 Å². The smallest absolute Gasteiger partial charge is 0.260 e. The summed E-state index contributed by atoms with van der Waals surface area (Å²) in [6.45, 7) is 0.480. The van der Waals surface area contributed by atoms with Gasteiger partial charge >= 0.3 is 0 Å². The van der Waals surface area contributed by atoms with Gasteiger partial charge in [-0.05, 0) is 17.7 Å². The van der Waals surface area contributed by atoms with Crippen LogP contribution in [-0.4, -0.2) is 36.5 Å². The molecule has 0 saturated heterocycles. The summed E-state index contributed by atoms with van der Waals surface area (Å²) in [6, 6.07) is 8.81. The fourth-order valence-electron chi connectivity index (χ4n) is 1.81. The van der Waals surface area contributed by atoms with Gasteiger partial charge < -0.3 is 5.73 Å². The van der Waals surface area contributed by atoms with E-state index in [1.807, 2.05) is 24.3 Å². The highest BCUT2D eigenvalue weighted by Crippen LogP contribution is 2.16. The van der Waals surface area contributed by atoms with E-state index in [4.69, 9.17) is 5.73 Å². The fourth-order valence-corrected chi connectivity index (χ4v) is 2.85. The SMILES string of the molecule is CN(Cc1ccccc1C#CCN)S(=O)(=O)c1ccn[nH]1. The molecule has 1 aromatic heterocycles. The van der Waals surface area contributed by atoms with Gasteiger partial charge in [0, 0.05) is 19.2 Å². The van der Waals surface area contributed by atoms with Gasteiger partial charge in [0.15, 0.2) is 5.03 Å². The third kappa shape index (κ3) is 3.49. The second-order valence-corrected chi connectivity index (χ2v) is 6.36. The first-order valence-corrected chi connectivity index (χ1v) is 7.72. The number of hydrogen-bond acceptors (Lipinski definition) is 4. The maximum Gasteiger partial charge on any atom is 0.260 e. The second kappa shape index (κ2) is 6.54. The summed E-state index contributed by atoms with van der Waals surface area (Å²) < 4.78 is 25.9. The molecular formula is C14H16N4O2S. The van der Waals surface area contributed by atoms with Crippen molar-refractivity contribution in [2.24, 2.45) is 5.73 Å². The third-order valence-electron chi connectivity index (χ3n) is 2.90. The molecule has 2 rings (SSSR count). The summed E-state index contributed by atoms with van der Waals surface area (Å²) in [6.07, 6.45) is 1.40. The van der Waals surface area contributed by atoms with Gasteiger partial charge in [0.1, 0.15) is 0 Å². The van der Waals surface area contributed by atoms with E-state index in [9.17, 15) is 8.42 Å². The molecule has 1 aromatic carbocycles. The molecule has 1 heterocycles. The molecule has 0 aliphatic carbocycles. The Morgan fingerprint density at radius 2 is 2.10 bits per heavy atom. The lowest BCUT2D eigenvalue weighted by Gasteiger charge is -2.16. The van der Waals surface area contributed by atoms with Crippen LogP contribution in [-0.2, 0) is 16.6 Å². The Bertz CT molecular complexity index is 758. The maximum absolute atomic E-state index is 12.3. The number of nitrogens with two attached hydrogens (primary N) is 1. The number of benzene rings is 1. The highest BCUT2D eigenvalue weighted by atomic mass is 32.2. The minimum atomic E-state index is -3.59. The van der Waals surface area contributed by atoms with Gasteiger partial charge in [0.05, 0.1) is 12.7 Å². The molecule has 0 spiro atoms. The minimum Gasteiger partial charge on any atom is -0.320 e. The van der Waals surface area contributed by atoms with Crippen molar-refractivity contribution in [1.29, 1.82) is 0 Å². The molecule has 0 unspecified atom stereocenters. The summed E-state index contributed by atoms with van der Waals surface area (Å²) in [5.74, 6) is 5.73. The Morgan fingerprint density at radius 3 is 2.76 bits per heavy atom. The first-order chi connectivity index (χ1) is 10.1. The van der Waals surface area contributed by atoms with Crippen LogP contribution in [0.3, 0.4) is 0 Å². The van der Waals surface area contributed by atoms with Crippen LogP contribution in [0.25, 0.3) is 0 Å². The van der Waals surface area contributed by atoms with Crippen molar-refractivity contribution in [1.82, 2.24) is 14.5 Å². The van der Waals surface area contributed by atoms with E-state index in [1.165, 1.54) is 23.6 Å². The van der Waals surface area contributed by atoms with E-state index in [0.29, 0.717) is 0 Å². The Labute approximate surface area is 124 Å². The monoisotopic (exact) mass is 304 g/mol. The van der Waals surface area contributed by atoms with E-state index in [-0.39, 0.29) is 18.1 Å². The topological polar surface area (TPSA) is 92.1 Å². The van der Waals surface area contributed by atoms with Crippen LogP contribution >= 0.6 is 0 Å². The van der Waals surface area contributed by atoms with Crippen LogP contribution in [0.15, 0.2) is 41.6 Å². The lowest BCUT2D eigenvalue weighted by Crippen LogP contribution is -2.27. The van der Waals surface area contributed by atoms with Crippen molar-refractivity contribution in [2.75, 3.05) is 13.6 Å². The first-order valence-electron chi connectivity index (χ1n) is 6.28. The highest BCUT2D eigenvalue weighted by Gasteiger charge is 2.22. The number of nitrogens with zero attached hydrogens (tertiary/aromatic N) is 2. The number of hydrogen-bond donors (Lipinski definition) is 2. The summed E-state index contributed by atoms with van der Waals surface area (Å²) in [4.78, 5) is 0. The average Bonchev–Trinajstić information content (AvgIpc) is 3.01. The third-order valence-corrected chi connectivity index (χ3v) is 4.63. The van der Waals surface area contributed by atoms with Gasteiger partial charge in [0.2, 0.25) is 0 Å². The molecule has 0 atom stereocenters. The zero-order valence-electron chi connectivity index (χ0n) is 11.6. The number of aromatic amines is 1. The van der Waals surface area contributed by atoms with Crippen LogP contribution in [0.2, 0.25) is 0 Å². The molecule has 0 aliphatic rings. The van der Waals surface area contributed by atoms with Crippen LogP contribution in [0.1, 0.15) is 11.1 Å². The van der Waals surface area contributed by atoms with Crippen LogP contribution in [0.5, 0.6) is 0 Å². The predicted molar refractivity (Wildman–Crippen MR) is 79.6 cm³/mol. The molecule has 0 radical (unpaired) electrons. The van der Waals surface area contributed by atoms with Gasteiger partial charge in [-0.15, -0.1) is 0 Å². The minimum absolute atomic E-state index is 0.0653. The molecule has 3 N–H and O–H groups in total. The van der Waals surface area contributed by atoms with Crippen LogP contribution < -0.4 is 5.73 Å². The van der Waals surface area contributed by atoms with Crippen molar-refractivity contribution < 1.29 is 8.42 Å². The van der Waals surface area contributed by atoms with Gasteiger partial charge in [0.25, 0.3) is 10.0 Å². The second-order valence-electron chi connectivity index (χ2n) is 4.35. The summed E-state index contributed by atoms with van der Waals surface area (Å²) >= 11 is 0. The Morgan fingerprint density at radius 1 is 1.33 bits per heavy atom. The number of rotatable bonds is 4. The standard InChI is InChI=1S/C14H16N4O2S/c1-18(21(19,20)14-8-10-16-17-14)11-13-6-3-2-5-12(13)7-4-9-15/h2-3,5-6,8,10H,9,11,15H2,1H3,(H,16,17). The lowest BCUT2D eigenvalue weighted by atomic mass is 10.1. The van der Waals surface area contributed by atoms with E-state index >= 15 is 0 Å². The molecule has 0 bridgehead atoms. The summed E-state index contributed by atoms with van der Waals surface area (Å²) in [5.41, 5.74) is 6.97. The van der Waals surface area contributed by atoms with Crippen molar-refractivity contribution in [3.63, 3.8) is 0 Å². The van der Waals surface area contributed by atoms with Crippen molar-refractivity contribution in [3.05, 3.63) is 47.7 Å². The molecule has 2 aromatic rings.